The zero-order chi connectivity index (χ0) is 19.1. The predicted octanol–water partition coefficient (Wildman–Crippen LogP) is 3.90. The number of carbonyl (C=O) groups excluding carboxylic acids is 1. The second kappa shape index (κ2) is 9.23. The van der Waals surface area contributed by atoms with Gasteiger partial charge in [-0.3, -0.25) is 4.79 Å². The van der Waals surface area contributed by atoms with Crippen LogP contribution in [-0.4, -0.2) is 25.9 Å². The van der Waals surface area contributed by atoms with Gasteiger partial charge in [0.1, 0.15) is 12.4 Å². The normalized spacial score (nSPS) is 11.8. The van der Waals surface area contributed by atoms with Crippen LogP contribution in [0.4, 0.5) is 5.69 Å². The van der Waals surface area contributed by atoms with Crippen LogP contribution in [0.3, 0.4) is 0 Å². The van der Waals surface area contributed by atoms with Crippen molar-refractivity contribution in [1.82, 2.24) is 14.8 Å². The molecule has 2 aromatic carbocycles. The first kappa shape index (κ1) is 19.0. The number of hydrogen-bond acceptors (Lipinski definition) is 5. The maximum Gasteiger partial charge on any atom is 0.237 e. The maximum absolute atomic E-state index is 12.6. The van der Waals surface area contributed by atoms with Crippen molar-refractivity contribution in [2.24, 2.45) is 7.05 Å². The first-order valence-corrected chi connectivity index (χ1v) is 9.64. The molecular formula is C20H22N4O2S. The van der Waals surface area contributed by atoms with Crippen LogP contribution in [0, 0.1) is 0 Å². The van der Waals surface area contributed by atoms with E-state index in [1.165, 1.54) is 11.8 Å². The number of carbonyl (C=O) groups is 1. The van der Waals surface area contributed by atoms with Crippen LogP contribution in [0.1, 0.15) is 19.2 Å². The maximum atomic E-state index is 12.6. The third kappa shape index (κ3) is 5.10. The van der Waals surface area contributed by atoms with E-state index >= 15 is 0 Å². The number of anilines is 1. The summed E-state index contributed by atoms with van der Waals surface area (Å²) in [5.74, 6) is 1.45. The van der Waals surface area contributed by atoms with Gasteiger partial charge in [0.2, 0.25) is 5.91 Å². The molecule has 0 spiro atoms. The molecule has 1 heterocycles. The number of ether oxygens (including phenoxy) is 1. The Labute approximate surface area is 163 Å². The molecule has 0 aliphatic heterocycles. The Morgan fingerprint density at radius 2 is 1.78 bits per heavy atom. The Hall–Kier alpha value is -2.80. The monoisotopic (exact) mass is 382 g/mol. The summed E-state index contributed by atoms with van der Waals surface area (Å²) in [4.78, 5) is 12.6. The number of thioether (sulfide) groups is 1. The highest BCUT2D eigenvalue weighted by molar-refractivity contribution is 8.00. The van der Waals surface area contributed by atoms with Crippen molar-refractivity contribution >= 4 is 23.4 Å². The van der Waals surface area contributed by atoms with Crippen LogP contribution >= 0.6 is 11.8 Å². The zero-order valence-electron chi connectivity index (χ0n) is 15.3. The summed E-state index contributed by atoms with van der Waals surface area (Å²) in [5.41, 5.74) is 0.788. The lowest BCUT2D eigenvalue weighted by molar-refractivity contribution is -0.115. The van der Waals surface area contributed by atoms with Gasteiger partial charge in [0, 0.05) is 12.7 Å². The number of hydrogen-bond donors (Lipinski definition) is 1. The molecule has 1 unspecified atom stereocenters. The largest absolute Gasteiger partial charge is 0.486 e. The summed E-state index contributed by atoms with van der Waals surface area (Å²) in [6.45, 7) is 2.30. The van der Waals surface area contributed by atoms with Gasteiger partial charge in [-0.15, -0.1) is 10.2 Å². The van der Waals surface area contributed by atoms with Crippen molar-refractivity contribution in [2.45, 2.75) is 30.4 Å². The molecule has 0 saturated carbocycles. The number of amides is 1. The first-order valence-electron chi connectivity index (χ1n) is 8.76. The Morgan fingerprint density at radius 3 is 2.44 bits per heavy atom. The summed E-state index contributed by atoms with van der Waals surface area (Å²) in [6.07, 6.45) is 0.687. The fourth-order valence-corrected chi connectivity index (χ4v) is 3.37. The third-order valence-corrected chi connectivity index (χ3v) is 5.39. The molecule has 0 radical (unpaired) electrons. The molecule has 0 aliphatic carbocycles. The van der Waals surface area contributed by atoms with Crippen LogP contribution in [0.15, 0.2) is 65.8 Å². The predicted molar refractivity (Wildman–Crippen MR) is 107 cm³/mol. The van der Waals surface area contributed by atoms with Crippen molar-refractivity contribution in [1.29, 1.82) is 0 Å². The van der Waals surface area contributed by atoms with Crippen molar-refractivity contribution < 1.29 is 9.53 Å². The Kier molecular flexibility index (Phi) is 6.49. The fourth-order valence-electron chi connectivity index (χ4n) is 2.43. The summed E-state index contributed by atoms with van der Waals surface area (Å²) in [7, 11) is 1.88. The van der Waals surface area contributed by atoms with E-state index in [9.17, 15) is 4.79 Å². The van der Waals surface area contributed by atoms with Crippen molar-refractivity contribution in [2.75, 3.05) is 5.32 Å². The SMILES string of the molecule is CCC(Sc1nnc(COc2ccccc2)n1C)C(=O)Nc1ccccc1. The van der Waals surface area contributed by atoms with Crippen molar-refractivity contribution in [3.63, 3.8) is 0 Å². The molecule has 3 rings (SSSR count). The van der Waals surface area contributed by atoms with Crippen LogP contribution in [0.5, 0.6) is 5.75 Å². The molecule has 0 aliphatic rings. The third-order valence-electron chi connectivity index (χ3n) is 3.99. The van der Waals surface area contributed by atoms with E-state index in [0.29, 0.717) is 24.0 Å². The quantitative estimate of drug-likeness (QED) is 0.598. The number of aromatic nitrogens is 3. The molecule has 0 saturated heterocycles. The van der Waals surface area contributed by atoms with Crippen molar-refractivity contribution in [3.8, 4) is 5.75 Å². The van der Waals surface area contributed by atoms with Gasteiger partial charge in [-0.2, -0.15) is 0 Å². The second-order valence-electron chi connectivity index (χ2n) is 5.93. The lowest BCUT2D eigenvalue weighted by atomic mass is 10.3. The van der Waals surface area contributed by atoms with Crippen LogP contribution in [-0.2, 0) is 18.4 Å². The molecular weight excluding hydrogens is 360 g/mol. The average molecular weight is 382 g/mol. The highest BCUT2D eigenvalue weighted by Gasteiger charge is 2.21. The molecule has 27 heavy (non-hydrogen) atoms. The van der Waals surface area contributed by atoms with Gasteiger partial charge in [-0.25, -0.2) is 0 Å². The minimum absolute atomic E-state index is 0.0428. The number of benzene rings is 2. The number of nitrogens with zero attached hydrogens (tertiary/aromatic N) is 3. The van der Waals surface area contributed by atoms with E-state index in [2.05, 4.69) is 15.5 Å². The van der Waals surface area contributed by atoms with E-state index in [4.69, 9.17) is 4.74 Å². The van der Waals surface area contributed by atoms with E-state index in [1.54, 1.807) is 0 Å². The minimum Gasteiger partial charge on any atom is -0.486 e. The number of rotatable bonds is 8. The van der Waals surface area contributed by atoms with Gasteiger partial charge >= 0.3 is 0 Å². The van der Waals surface area contributed by atoms with Gasteiger partial charge in [0.15, 0.2) is 11.0 Å². The molecule has 1 atom stereocenters. The Morgan fingerprint density at radius 1 is 1.11 bits per heavy atom. The molecule has 3 aromatic rings. The smallest absolute Gasteiger partial charge is 0.237 e. The molecule has 6 nitrogen and oxygen atoms in total. The molecule has 1 amide bonds. The highest BCUT2D eigenvalue weighted by atomic mass is 32.2. The number of nitrogens with one attached hydrogen (secondary N) is 1. The topological polar surface area (TPSA) is 69.0 Å². The first-order chi connectivity index (χ1) is 13.2. The number of para-hydroxylation sites is 2. The molecule has 0 bridgehead atoms. The fraction of sp³-hybridized carbons (Fsp3) is 0.250. The highest BCUT2D eigenvalue weighted by Crippen LogP contribution is 2.25. The van der Waals surface area contributed by atoms with E-state index in [0.717, 1.165) is 11.4 Å². The minimum atomic E-state index is -0.254. The Bertz CT molecular complexity index is 868. The average Bonchev–Trinajstić information content (AvgIpc) is 3.05. The molecule has 1 N–H and O–H groups in total. The van der Waals surface area contributed by atoms with Crippen LogP contribution in [0.2, 0.25) is 0 Å². The Balaban J connectivity index is 1.62. The van der Waals surface area contributed by atoms with E-state index < -0.39 is 0 Å². The van der Waals surface area contributed by atoms with Gasteiger partial charge in [-0.1, -0.05) is 55.1 Å². The lowest BCUT2D eigenvalue weighted by Crippen LogP contribution is -2.25. The van der Waals surface area contributed by atoms with E-state index in [1.807, 2.05) is 79.2 Å². The molecule has 0 fully saturated rings. The zero-order valence-corrected chi connectivity index (χ0v) is 16.1. The second-order valence-corrected chi connectivity index (χ2v) is 7.10. The lowest BCUT2D eigenvalue weighted by Gasteiger charge is -2.14. The molecule has 1 aromatic heterocycles. The van der Waals surface area contributed by atoms with Crippen LogP contribution < -0.4 is 10.1 Å². The van der Waals surface area contributed by atoms with Gasteiger partial charge in [-0.05, 0) is 30.7 Å². The molecule has 140 valence electrons. The van der Waals surface area contributed by atoms with Gasteiger partial charge in [0.25, 0.3) is 0 Å². The summed E-state index contributed by atoms with van der Waals surface area (Å²) < 4.78 is 7.60. The van der Waals surface area contributed by atoms with Gasteiger partial charge < -0.3 is 14.6 Å². The summed E-state index contributed by atoms with van der Waals surface area (Å²) in [5, 5.41) is 11.8. The standard InChI is InChI=1S/C20H22N4O2S/c1-3-17(19(25)21-15-10-6-4-7-11-15)27-20-23-22-18(24(20)2)14-26-16-12-8-5-9-13-16/h4-13,17H,3,14H2,1-2H3,(H,21,25). The van der Waals surface area contributed by atoms with Crippen molar-refractivity contribution in [3.05, 3.63) is 66.5 Å². The summed E-state index contributed by atoms with van der Waals surface area (Å²) in [6, 6.07) is 19.0. The van der Waals surface area contributed by atoms with E-state index in [-0.39, 0.29) is 11.2 Å². The van der Waals surface area contributed by atoms with Gasteiger partial charge in [0.05, 0.1) is 5.25 Å². The summed E-state index contributed by atoms with van der Waals surface area (Å²) >= 11 is 1.41. The molecule has 7 heteroatoms. The van der Waals surface area contributed by atoms with Crippen LogP contribution in [0.25, 0.3) is 0 Å².